The Bertz CT molecular complexity index is 474. The molecule has 2 rings (SSSR count). The average molecular weight is 326 g/mol. The fraction of sp³-hybridized carbons (Fsp3) is 0.500. The highest BCUT2D eigenvalue weighted by Crippen LogP contribution is 2.26. The fourth-order valence-electron chi connectivity index (χ4n) is 2.06. The van der Waals surface area contributed by atoms with Crippen molar-refractivity contribution in [3.8, 4) is 0 Å². The molecule has 1 amide bonds. The second-order valence-electron chi connectivity index (χ2n) is 5.19. The third-order valence-corrected chi connectivity index (χ3v) is 4.13. The molecule has 0 aromatic heterocycles. The smallest absolute Gasteiger partial charge is 0.253 e. The van der Waals surface area contributed by atoms with Gasteiger partial charge < -0.3 is 11.1 Å². The van der Waals surface area contributed by atoms with Crippen LogP contribution in [-0.4, -0.2) is 36.5 Å². The van der Waals surface area contributed by atoms with Gasteiger partial charge in [0.2, 0.25) is 0 Å². The molecule has 1 saturated carbocycles. The van der Waals surface area contributed by atoms with Crippen LogP contribution in [0, 0.1) is 0 Å². The van der Waals surface area contributed by atoms with E-state index in [1.54, 1.807) is 12.1 Å². The van der Waals surface area contributed by atoms with E-state index in [-0.39, 0.29) is 5.91 Å². The summed E-state index contributed by atoms with van der Waals surface area (Å²) in [5.41, 5.74) is 6.87. The molecule has 4 nitrogen and oxygen atoms in total. The minimum absolute atomic E-state index is 0.110. The molecule has 1 aliphatic rings. The van der Waals surface area contributed by atoms with Crippen LogP contribution < -0.4 is 11.1 Å². The summed E-state index contributed by atoms with van der Waals surface area (Å²) < 4.78 is 0.878. The molecular formula is C14H20BrN3O. The highest BCUT2D eigenvalue weighted by atomic mass is 79.9. The van der Waals surface area contributed by atoms with Crippen molar-refractivity contribution in [1.29, 1.82) is 0 Å². The molecule has 1 unspecified atom stereocenters. The monoisotopic (exact) mass is 325 g/mol. The summed E-state index contributed by atoms with van der Waals surface area (Å²) in [6, 6.07) is 6.35. The van der Waals surface area contributed by atoms with Gasteiger partial charge in [-0.25, -0.2) is 0 Å². The van der Waals surface area contributed by atoms with Gasteiger partial charge in [0.1, 0.15) is 0 Å². The lowest BCUT2D eigenvalue weighted by atomic mass is 10.1. The molecule has 1 fully saturated rings. The summed E-state index contributed by atoms with van der Waals surface area (Å²) in [6.07, 6.45) is 2.54. The van der Waals surface area contributed by atoms with E-state index >= 15 is 0 Å². The zero-order valence-electron chi connectivity index (χ0n) is 11.3. The minimum Gasteiger partial charge on any atom is -0.398 e. The molecule has 0 saturated heterocycles. The number of nitrogens with one attached hydrogen (secondary N) is 1. The van der Waals surface area contributed by atoms with Gasteiger partial charge in [-0.3, -0.25) is 9.69 Å². The van der Waals surface area contributed by atoms with Gasteiger partial charge in [-0.15, -0.1) is 0 Å². The van der Waals surface area contributed by atoms with Gasteiger partial charge in [-0.2, -0.15) is 0 Å². The van der Waals surface area contributed by atoms with E-state index in [1.807, 2.05) is 6.07 Å². The van der Waals surface area contributed by atoms with Gasteiger partial charge in [0.15, 0.2) is 0 Å². The normalized spacial score (nSPS) is 16.4. The van der Waals surface area contributed by atoms with E-state index in [4.69, 9.17) is 5.73 Å². The third-order valence-electron chi connectivity index (χ3n) is 3.63. The largest absolute Gasteiger partial charge is 0.398 e. The number of halogens is 1. The molecule has 0 radical (unpaired) electrons. The quantitative estimate of drug-likeness (QED) is 0.816. The van der Waals surface area contributed by atoms with Crippen LogP contribution in [0.15, 0.2) is 22.7 Å². The highest BCUT2D eigenvalue weighted by Gasteiger charge is 2.29. The molecule has 19 heavy (non-hydrogen) atoms. The van der Waals surface area contributed by atoms with Gasteiger partial charge in [0.25, 0.3) is 5.91 Å². The van der Waals surface area contributed by atoms with E-state index < -0.39 is 0 Å². The number of benzene rings is 1. The number of carbonyl (C=O) groups excluding carboxylic acids is 1. The van der Waals surface area contributed by atoms with Crippen molar-refractivity contribution in [2.75, 3.05) is 19.3 Å². The molecule has 104 valence electrons. The average Bonchev–Trinajstić information content (AvgIpc) is 3.18. The number of hydrogen-bond donors (Lipinski definition) is 2. The van der Waals surface area contributed by atoms with E-state index in [0.29, 0.717) is 29.9 Å². The molecule has 1 aromatic rings. The van der Waals surface area contributed by atoms with E-state index in [9.17, 15) is 4.79 Å². The summed E-state index contributed by atoms with van der Waals surface area (Å²) >= 11 is 3.33. The summed E-state index contributed by atoms with van der Waals surface area (Å²) in [5, 5.41) is 2.95. The lowest BCUT2D eigenvalue weighted by Gasteiger charge is -2.24. The Kier molecular flexibility index (Phi) is 4.47. The Balaban J connectivity index is 1.89. The molecule has 3 N–H and O–H groups in total. The molecule has 0 heterocycles. The van der Waals surface area contributed by atoms with Crippen LogP contribution in [-0.2, 0) is 0 Å². The minimum atomic E-state index is -0.110. The number of amides is 1. The number of rotatable bonds is 5. The fourth-order valence-corrected chi connectivity index (χ4v) is 2.44. The van der Waals surface area contributed by atoms with Gasteiger partial charge in [-0.05, 0) is 45.0 Å². The van der Waals surface area contributed by atoms with Crippen LogP contribution in [0.2, 0.25) is 0 Å². The van der Waals surface area contributed by atoms with Crippen molar-refractivity contribution in [3.05, 3.63) is 28.2 Å². The highest BCUT2D eigenvalue weighted by molar-refractivity contribution is 9.10. The molecule has 5 heteroatoms. The van der Waals surface area contributed by atoms with Crippen molar-refractivity contribution >= 4 is 27.5 Å². The van der Waals surface area contributed by atoms with Gasteiger partial charge in [0.05, 0.1) is 5.56 Å². The number of nitrogens with zero attached hydrogens (tertiary/aromatic N) is 1. The Morgan fingerprint density at radius 1 is 1.58 bits per heavy atom. The molecule has 0 aliphatic heterocycles. The summed E-state index contributed by atoms with van der Waals surface area (Å²) in [6.45, 7) is 2.77. The zero-order chi connectivity index (χ0) is 14.0. The number of anilines is 1. The van der Waals surface area contributed by atoms with Crippen molar-refractivity contribution in [2.24, 2.45) is 0 Å². The summed E-state index contributed by atoms with van der Waals surface area (Å²) in [7, 11) is 2.11. The van der Waals surface area contributed by atoms with Gasteiger partial charge in [0, 0.05) is 28.8 Å². The maximum absolute atomic E-state index is 12.1. The first kappa shape index (κ1) is 14.3. The first-order valence-corrected chi connectivity index (χ1v) is 7.33. The van der Waals surface area contributed by atoms with Gasteiger partial charge >= 0.3 is 0 Å². The predicted molar refractivity (Wildman–Crippen MR) is 81.1 cm³/mol. The van der Waals surface area contributed by atoms with E-state index in [2.05, 4.69) is 40.1 Å². The Labute approximate surface area is 122 Å². The Morgan fingerprint density at radius 2 is 2.26 bits per heavy atom. The van der Waals surface area contributed by atoms with Crippen LogP contribution in [0.5, 0.6) is 0 Å². The van der Waals surface area contributed by atoms with Crippen LogP contribution in [0.3, 0.4) is 0 Å². The molecule has 0 spiro atoms. The second-order valence-corrected chi connectivity index (χ2v) is 6.10. The maximum atomic E-state index is 12.1. The third kappa shape index (κ3) is 3.70. The van der Waals surface area contributed by atoms with E-state index in [0.717, 1.165) is 4.47 Å². The molecule has 1 aromatic carbocycles. The zero-order valence-corrected chi connectivity index (χ0v) is 12.9. The van der Waals surface area contributed by atoms with Crippen molar-refractivity contribution in [2.45, 2.75) is 31.8 Å². The van der Waals surface area contributed by atoms with Crippen molar-refractivity contribution in [1.82, 2.24) is 10.2 Å². The maximum Gasteiger partial charge on any atom is 0.253 e. The lowest BCUT2D eigenvalue weighted by molar-refractivity contribution is 0.0940. The summed E-state index contributed by atoms with van der Waals surface area (Å²) in [4.78, 5) is 14.4. The molecular weight excluding hydrogens is 306 g/mol. The van der Waals surface area contributed by atoms with Crippen LogP contribution in [0.25, 0.3) is 0 Å². The Morgan fingerprint density at radius 3 is 2.84 bits per heavy atom. The number of nitrogens with two attached hydrogens (primary N) is 1. The molecule has 1 aliphatic carbocycles. The predicted octanol–water partition coefficient (Wildman–Crippen LogP) is 2.24. The Hall–Kier alpha value is -1.07. The number of likely N-dealkylation sites (N-methyl/N-ethyl adjacent to an activating group) is 1. The second kappa shape index (κ2) is 5.92. The number of carbonyl (C=O) groups is 1. The number of hydrogen-bond acceptors (Lipinski definition) is 3. The van der Waals surface area contributed by atoms with Crippen LogP contribution in [0.1, 0.15) is 30.1 Å². The number of nitrogen functional groups attached to an aromatic ring is 1. The topological polar surface area (TPSA) is 58.4 Å². The van der Waals surface area contributed by atoms with Crippen LogP contribution >= 0.6 is 15.9 Å². The molecule has 0 bridgehead atoms. The van der Waals surface area contributed by atoms with E-state index in [1.165, 1.54) is 12.8 Å². The van der Waals surface area contributed by atoms with Gasteiger partial charge in [-0.1, -0.05) is 15.9 Å². The SMILES string of the molecule is CC(CNC(=O)c1ccc(Br)cc1N)N(C)C1CC1. The standard InChI is InChI=1S/C14H20BrN3O/c1-9(18(2)11-4-5-11)8-17-14(19)12-6-3-10(15)7-13(12)16/h3,6-7,9,11H,4-5,8,16H2,1-2H3,(H,17,19). The van der Waals surface area contributed by atoms with Crippen LogP contribution in [0.4, 0.5) is 5.69 Å². The first-order valence-electron chi connectivity index (χ1n) is 6.54. The summed E-state index contributed by atoms with van der Waals surface area (Å²) in [5.74, 6) is -0.110. The molecule has 1 atom stereocenters. The van der Waals surface area contributed by atoms with Crippen molar-refractivity contribution in [3.63, 3.8) is 0 Å². The van der Waals surface area contributed by atoms with Crippen molar-refractivity contribution < 1.29 is 4.79 Å². The lowest BCUT2D eigenvalue weighted by Crippen LogP contribution is -2.41. The first-order chi connectivity index (χ1) is 8.99.